The van der Waals surface area contributed by atoms with E-state index >= 15 is 0 Å². The first-order valence-electron chi connectivity index (χ1n) is 6.64. The fourth-order valence-electron chi connectivity index (χ4n) is 3.05. The monoisotopic (exact) mass is 222 g/mol. The lowest BCUT2D eigenvalue weighted by molar-refractivity contribution is -0.128. The average molecular weight is 222 g/mol. The molecule has 0 unspecified atom stereocenters. The van der Waals surface area contributed by atoms with Crippen molar-refractivity contribution in [1.29, 1.82) is 0 Å². The Morgan fingerprint density at radius 3 is 2.31 bits per heavy atom. The van der Waals surface area contributed by atoms with Crippen LogP contribution < -0.4 is 0 Å². The summed E-state index contributed by atoms with van der Waals surface area (Å²) < 4.78 is 0. The molecule has 0 N–H and O–H groups in total. The SMILES string of the molecule is CCC1=NC2(CCCCCC2)N(CC)C1=O. The maximum atomic E-state index is 12.1. The summed E-state index contributed by atoms with van der Waals surface area (Å²) in [5, 5.41) is 0. The van der Waals surface area contributed by atoms with Gasteiger partial charge in [-0.3, -0.25) is 9.79 Å². The van der Waals surface area contributed by atoms with E-state index < -0.39 is 0 Å². The number of hydrogen-bond acceptors (Lipinski definition) is 2. The summed E-state index contributed by atoms with van der Waals surface area (Å²) in [4.78, 5) is 18.9. The number of carbonyl (C=O) groups excluding carboxylic acids is 1. The number of hydrogen-bond donors (Lipinski definition) is 0. The van der Waals surface area contributed by atoms with E-state index in [0.29, 0.717) is 0 Å². The van der Waals surface area contributed by atoms with E-state index in [-0.39, 0.29) is 11.6 Å². The smallest absolute Gasteiger partial charge is 0.269 e. The van der Waals surface area contributed by atoms with Gasteiger partial charge in [-0.25, -0.2) is 0 Å². The Bertz CT molecular complexity index is 301. The second kappa shape index (κ2) is 4.56. The van der Waals surface area contributed by atoms with Crippen molar-refractivity contribution in [2.75, 3.05) is 6.54 Å². The average Bonchev–Trinajstić information content (AvgIpc) is 2.45. The fourth-order valence-corrected chi connectivity index (χ4v) is 3.05. The zero-order chi connectivity index (χ0) is 11.6. The number of rotatable bonds is 2. The van der Waals surface area contributed by atoms with E-state index in [4.69, 9.17) is 4.99 Å². The van der Waals surface area contributed by atoms with E-state index in [1.165, 1.54) is 25.7 Å². The van der Waals surface area contributed by atoms with E-state index in [1.807, 2.05) is 11.8 Å². The fraction of sp³-hybridized carbons (Fsp3) is 0.846. The summed E-state index contributed by atoms with van der Waals surface area (Å²) >= 11 is 0. The van der Waals surface area contributed by atoms with Gasteiger partial charge >= 0.3 is 0 Å². The molecule has 0 aromatic rings. The second-order valence-electron chi connectivity index (χ2n) is 4.86. The van der Waals surface area contributed by atoms with Crippen LogP contribution in [0.5, 0.6) is 0 Å². The zero-order valence-corrected chi connectivity index (χ0v) is 10.5. The Hall–Kier alpha value is -0.860. The predicted molar refractivity (Wildman–Crippen MR) is 65.5 cm³/mol. The zero-order valence-electron chi connectivity index (χ0n) is 10.5. The minimum Gasteiger partial charge on any atom is -0.313 e. The molecule has 3 nitrogen and oxygen atoms in total. The van der Waals surface area contributed by atoms with Crippen LogP contribution in [0.2, 0.25) is 0 Å². The summed E-state index contributed by atoms with van der Waals surface area (Å²) in [7, 11) is 0. The Labute approximate surface area is 97.9 Å². The first kappa shape index (κ1) is 11.6. The maximum absolute atomic E-state index is 12.1. The standard InChI is InChI=1S/C13H22N2O/c1-3-11-12(16)15(4-2)13(14-11)9-7-5-6-8-10-13/h3-10H2,1-2H3. The molecule has 0 aromatic carbocycles. The van der Waals surface area contributed by atoms with E-state index in [2.05, 4.69) is 6.92 Å². The highest BCUT2D eigenvalue weighted by Crippen LogP contribution is 2.37. The van der Waals surface area contributed by atoms with Crippen LogP contribution in [-0.2, 0) is 4.79 Å². The molecule has 16 heavy (non-hydrogen) atoms. The highest BCUT2D eigenvalue weighted by Gasteiger charge is 2.44. The number of carbonyl (C=O) groups is 1. The molecule has 1 spiro atoms. The molecule has 1 aliphatic heterocycles. The van der Waals surface area contributed by atoms with Gasteiger partial charge in [-0.15, -0.1) is 0 Å². The minimum absolute atomic E-state index is 0.159. The molecule has 0 bridgehead atoms. The molecular weight excluding hydrogens is 200 g/mol. The molecular formula is C13H22N2O. The van der Waals surface area contributed by atoms with Crippen LogP contribution in [0, 0.1) is 0 Å². The van der Waals surface area contributed by atoms with Crippen molar-refractivity contribution in [3.05, 3.63) is 0 Å². The molecule has 0 atom stereocenters. The summed E-state index contributed by atoms with van der Waals surface area (Å²) in [6.07, 6.45) is 7.92. The summed E-state index contributed by atoms with van der Waals surface area (Å²) in [5.41, 5.74) is 0.636. The van der Waals surface area contributed by atoms with Crippen LogP contribution in [0.3, 0.4) is 0 Å². The summed E-state index contributed by atoms with van der Waals surface area (Å²) in [5.74, 6) is 0.187. The van der Waals surface area contributed by atoms with Gasteiger partial charge in [0.15, 0.2) is 0 Å². The third-order valence-corrected chi connectivity index (χ3v) is 3.89. The normalized spacial score (nSPS) is 24.8. The third kappa shape index (κ3) is 1.76. The first-order chi connectivity index (χ1) is 7.73. The van der Waals surface area contributed by atoms with E-state index in [9.17, 15) is 4.79 Å². The van der Waals surface area contributed by atoms with Gasteiger partial charge in [-0.2, -0.15) is 0 Å². The van der Waals surface area contributed by atoms with Gasteiger partial charge in [-0.1, -0.05) is 19.8 Å². The Morgan fingerprint density at radius 2 is 1.81 bits per heavy atom. The molecule has 0 radical (unpaired) electrons. The molecule has 3 heteroatoms. The van der Waals surface area contributed by atoms with E-state index in [0.717, 1.165) is 31.5 Å². The van der Waals surface area contributed by atoms with Gasteiger partial charge in [0.25, 0.3) is 5.91 Å². The van der Waals surface area contributed by atoms with Crippen molar-refractivity contribution in [3.8, 4) is 0 Å². The Morgan fingerprint density at radius 1 is 1.19 bits per heavy atom. The minimum atomic E-state index is -0.159. The lowest BCUT2D eigenvalue weighted by Crippen LogP contribution is -2.46. The number of amides is 1. The summed E-state index contributed by atoms with van der Waals surface area (Å²) in [6, 6.07) is 0. The van der Waals surface area contributed by atoms with Crippen LogP contribution in [0.25, 0.3) is 0 Å². The highest BCUT2D eigenvalue weighted by atomic mass is 16.2. The van der Waals surface area contributed by atoms with Gasteiger partial charge in [0, 0.05) is 6.54 Å². The lowest BCUT2D eigenvalue weighted by Gasteiger charge is -2.35. The molecule has 2 rings (SSSR count). The van der Waals surface area contributed by atoms with Crippen molar-refractivity contribution >= 4 is 11.6 Å². The van der Waals surface area contributed by atoms with Gasteiger partial charge in [0.05, 0.1) is 0 Å². The van der Waals surface area contributed by atoms with Crippen LogP contribution in [0.15, 0.2) is 4.99 Å². The molecule has 1 amide bonds. The van der Waals surface area contributed by atoms with Crippen molar-refractivity contribution < 1.29 is 4.79 Å². The van der Waals surface area contributed by atoms with Gasteiger partial charge in [0.1, 0.15) is 11.4 Å². The van der Waals surface area contributed by atoms with Gasteiger partial charge in [0.2, 0.25) is 0 Å². The topological polar surface area (TPSA) is 32.7 Å². The summed E-state index contributed by atoms with van der Waals surface area (Å²) in [6.45, 7) is 4.89. The van der Waals surface area contributed by atoms with Gasteiger partial charge in [-0.05, 0) is 39.0 Å². The second-order valence-corrected chi connectivity index (χ2v) is 4.86. The van der Waals surface area contributed by atoms with E-state index in [1.54, 1.807) is 0 Å². The third-order valence-electron chi connectivity index (χ3n) is 3.89. The Kier molecular flexibility index (Phi) is 3.31. The molecule has 0 saturated heterocycles. The van der Waals surface area contributed by atoms with Crippen molar-refractivity contribution in [2.45, 2.75) is 64.5 Å². The van der Waals surface area contributed by atoms with Crippen LogP contribution in [-0.4, -0.2) is 28.7 Å². The number of nitrogens with zero attached hydrogens (tertiary/aromatic N) is 2. The molecule has 2 aliphatic rings. The largest absolute Gasteiger partial charge is 0.313 e. The van der Waals surface area contributed by atoms with Crippen molar-refractivity contribution in [3.63, 3.8) is 0 Å². The van der Waals surface area contributed by atoms with Crippen LogP contribution in [0.4, 0.5) is 0 Å². The lowest BCUT2D eigenvalue weighted by atomic mass is 10.00. The molecule has 90 valence electrons. The Balaban J connectivity index is 2.29. The van der Waals surface area contributed by atoms with Crippen molar-refractivity contribution in [1.82, 2.24) is 4.90 Å². The molecule has 1 aliphatic carbocycles. The highest BCUT2D eigenvalue weighted by molar-refractivity contribution is 6.40. The van der Waals surface area contributed by atoms with Crippen molar-refractivity contribution in [2.24, 2.45) is 4.99 Å². The molecule has 0 aromatic heterocycles. The molecule has 1 heterocycles. The maximum Gasteiger partial charge on any atom is 0.269 e. The molecule has 1 saturated carbocycles. The van der Waals surface area contributed by atoms with Crippen LogP contribution in [0.1, 0.15) is 58.8 Å². The quantitative estimate of drug-likeness (QED) is 0.707. The number of aliphatic imine (C=N–C) groups is 1. The predicted octanol–water partition coefficient (Wildman–Crippen LogP) is 2.75. The molecule has 1 fully saturated rings. The van der Waals surface area contributed by atoms with Crippen LogP contribution >= 0.6 is 0 Å². The first-order valence-corrected chi connectivity index (χ1v) is 6.64. The van der Waals surface area contributed by atoms with Gasteiger partial charge < -0.3 is 4.90 Å².